The zero-order chi connectivity index (χ0) is 23.8. The molecule has 176 valence electrons. The molecule has 0 N–H and O–H groups in total. The van der Waals surface area contributed by atoms with Crippen LogP contribution in [0.25, 0.3) is 20.8 Å². The molecule has 0 bridgehead atoms. The number of para-hydroxylation sites is 1. The predicted octanol–water partition coefficient (Wildman–Crippen LogP) is 4.91. The zero-order valence-corrected chi connectivity index (χ0v) is 20.5. The molecular weight excluding hydrogens is 478 g/mol. The van der Waals surface area contributed by atoms with E-state index < -0.39 is 0 Å². The van der Waals surface area contributed by atoms with Crippen LogP contribution in [0, 0.1) is 0 Å². The van der Waals surface area contributed by atoms with Crippen LogP contribution in [0.4, 0.5) is 0 Å². The van der Waals surface area contributed by atoms with Gasteiger partial charge in [0.15, 0.2) is 0 Å². The Morgan fingerprint density at radius 1 is 0.943 bits per heavy atom. The maximum atomic E-state index is 13.1. The van der Waals surface area contributed by atoms with Crippen LogP contribution in [0.3, 0.4) is 0 Å². The van der Waals surface area contributed by atoms with Crippen LogP contribution in [-0.4, -0.2) is 43.0 Å². The average Bonchev–Trinajstić information content (AvgIpc) is 3.64. The molecule has 9 heteroatoms. The molecule has 0 saturated carbocycles. The van der Waals surface area contributed by atoms with Gasteiger partial charge in [0.25, 0.3) is 5.91 Å². The van der Waals surface area contributed by atoms with Crippen molar-refractivity contribution < 1.29 is 4.79 Å². The Labute approximate surface area is 209 Å². The van der Waals surface area contributed by atoms with Gasteiger partial charge in [0, 0.05) is 37.6 Å². The highest BCUT2D eigenvalue weighted by atomic mass is 32.1. The monoisotopic (exact) mass is 501 g/mol. The van der Waals surface area contributed by atoms with Crippen molar-refractivity contribution in [1.82, 2.24) is 24.0 Å². The number of amides is 1. The molecule has 4 aromatic heterocycles. The number of piperidine rings is 1. The number of nitrogens with zero attached hydrogens (tertiary/aromatic N) is 5. The number of imidazole rings is 1. The number of rotatable bonds is 5. The normalized spacial score (nSPS) is 14.6. The molecular formula is C26H23N5O2S2. The van der Waals surface area contributed by atoms with Crippen LogP contribution >= 0.6 is 22.7 Å². The molecule has 6 rings (SSSR count). The van der Waals surface area contributed by atoms with Crippen LogP contribution in [-0.2, 0) is 6.67 Å². The Kier molecular flexibility index (Phi) is 5.79. The summed E-state index contributed by atoms with van der Waals surface area (Å²) < 4.78 is 4.87. The molecule has 1 aromatic carbocycles. The highest BCUT2D eigenvalue weighted by Gasteiger charge is 2.28. The van der Waals surface area contributed by atoms with E-state index in [1.54, 1.807) is 17.0 Å². The first-order chi connectivity index (χ1) is 17.2. The van der Waals surface area contributed by atoms with Crippen molar-refractivity contribution >= 4 is 38.8 Å². The summed E-state index contributed by atoms with van der Waals surface area (Å²) in [5, 5.41) is 0. The summed E-state index contributed by atoms with van der Waals surface area (Å²) in [7, 11) is 0. The average molecular weight is 502 g/mol. The first kappa shape index (κ1) is 21.9. The second-order valence-electron chi connectivity index (χ2n) is 8.61. The van der Waals surface area contributed by atoms with Gasteiger partial charge in [0.1, 0.15) is 12.5 Å². The van der Waals surface area contributed by atoms with Crippen molar-refractivity contribution in [3.8, 4) is 10.6 Å². The molecule has 1 saturated heterocycles. The SMILES string of the molecule is O=C(c1ccc(-c2ccccn2)s1)N1CCC(c2nccn2Cn2c(=O)sc3ccccc32)CC1. The Morgan fingerprint density at radius 2 is 1.77 bits per heavy atom. The maximum Gasteiger partial charge on any atom is 0.309 e. The van der Waals surface area contributed by atoms with E-state index in [-0.39, 0.29) is 16.7 Å². The van der Waals surface area contributed by atoms with Crippen molar-refractivity contribution in [2.24, 2.45) is 0 Å². The lowest BCUT2D eigenvalue weighted by Crippen LogP contribution is -2.38. The van der Waals surface area contributed by atoms with Gasteiger partial charge in [-0.2, -0.15) is 0 Å². The molecule has 0 aliphatic carbocycles. The predicted molar refractivity (Wildman–Crippen MR) is 139 cm³/mol. The first-order valence-corrected chi connectivity index (χ1v) is 13.2. The maximum absolute atomic E-state index is 13.1. The summed E-state index contributed by atoms with van der Waals surface area (Å²) in [5.41, 5.74) is 1.84. The van der Waals surface area contributed by atoms with Gasteiger partial charge in [-0.3, -0.25) is 19.1 Å². The van der Waals surface area contributed by atoms with Crippen molar-refractivity contribution in [3.05, 3.63) is 93.6 Å². The summed E-state index contributed by atoms with van der Waals surface area (Å²) in [6, 6.07) is 17.5. The molecule has 0 spiro atoms. The van der Waals surface area contributed by atoms with Gasteiger partial charge in [-0.15, -0.1) is 11.3 Å². The molecule has 1 aliphatic heterocycles. The number of carbonyl (C=O) groups excluding carboxylic acids is 1. The standard InChI is InChI=1S/C26H23N5O2S2/c32-25(23-9-8-21(34-23)19-5-3-4-12-27-19)29-14-10-18(11-15-29)24-28-13-16-30(24)17-31-20-6-1-2-7-22(20)35-26(31)33/h1-9,12-13,16,18H,10-11,14-15,17H2. The minimum atomic E-state index is 0.0345. The van der Waals surface area contributed by atoms with E-state index in [0.717, 1.165) is 44.3 Å². The number of pyridine rings is 1. The van der Waals surface area contributed by atoms with Crippen molar-refractivity contribution in [2.75, 3.05) is 13.1 Å². The quantitative estimate of drug-likeness (QED) is 0.343. The molecule has 5 heterocycles. The molecule has 0 unspecified atom stereocenters. The molecule has 1 amide bonds. The minimum absolute atomic E-state index is 0.0345. The number of likely N-dealkylation sites (tertiary alicyclic amines) is 1. The second kappa shape index (κ2) is 9.24. The Bertz CT molecular complexity index is 1540. The van der Waals surface area contributed by atoms with Gasteiger partial charge in [-0.05, 0) is 49.2 Å². The molecule has 35 heavy (non-hydrogen) atoms. The lowest BCUT2D eigenvalue weighted by atomic mass is 9.96. The van der Waals surface area contributed by atoms with Gasteiger partial charge < -0.3 is 9.47 Å². The molecule has 0 atom stereocenters. The number of carbonyl (C=O) groups is 1. The topological polar surface area (TPSA) is 73.0 Å². The third-order valence-corrected chi connectivity index (χ3v) is 8.55. The third kappa shape index (κ3) is 4.21. The Hall–Kier alpha value is -3.56. The highest BCUT2D eigenvalue weighted by molar-refractivity contribution is 7.17. The largest absolute Gasteiger partial charge is 0.338 e. The zero-order valence-electron chi connectivity index (χ0n) is 18.9. The highest BCUT2D eigenvalue weighted by Crippen LogP contribution is 2.31. The number of aromatic nitrogens is 4. The molecule has 1 fully saturated rings. The molecule has 5 aromatic rings. The molecule has 1 aliphatic rings. The summed E-state index contributed by atoms with van der Waals surface area (Å²) >= 11 is 2.76. The number of thiazole rings is 1. The van der Waals surface area contributed by atoms with E-state index in [4.69, 9.17) is 0 Å². The van der Waals surface area contributed by atoms with Crippen LogP contribution < -0.4 is 4.87 Å². The number of fused-ring (bicyclic) bond motifs is 1. The van der Waals surface area contributed by atoms with Gasteiger partial charge in [0.2, 0.25) is 0 Å². The smallest absolute Gasteiger partial charge is 0.309 e. The van der Waals surface area contributed by atoms with Crippen molar-refractivity contribution in [3.63, 3.8) is 0 Å². The minimum Gasteiger partial charge on any atom is -0.338 e. The Morgan fingerprint density at radius 3 is 2.60 bits per heavy atom. The number of benzene rings is 1. The van der Waals surface area contributed by atoms with Crippen LogP contribution in [0.5, 0.6) is 0 Å². The van der Waals surface area contributed by atoms with Gasteiger partial charge >= 0.3 is 4.87 Å². The molecule has 0 radical (unpaired) electrons. The van der Waals surface area contributed by atoms with E-state index in [9.17, 15) is 9.59 Å². The van der Waals surface area contributed by atoms with Gasteiger partial charge in [-0.25, -0.2) is 4.98 Å². The lowest BCUT2D eigenvalue weighted by Gasteiger charge is -2.31. The number of hydrogen-bond acceptors (Lipinski definition) is 6. The first-order valence-electron chi connectivity index (χ1n) is 11.6. The third-order valence-electron chi connectivity index (χ3n) is 6.50. The van der Waals surface area contributed by atoms with E-state index in [1.165, 1.54) is 22.7 Å². The van der Waals surface area contributed by atoms with Gasteiger partial charge in [-0.1, -0.05) is 29.5 Å². The summed E-state index contributed by atoms with van der Waals surface area (Å²) in [5.74, 6) is 1.31. The fourth-order valence-electron chi connectivity index (χ4n) is 4.70. The fraction of sp³-hybridized carbons (Fsp3) is 0.231. The summed E-state index contributed by atoms with van der Waals surface area (Å²) in [6.45, 7) is 1.83. The van der Waals surface area contributed by atoms with E-state index in [1.807, 2.05) is 65.7 Å². The summed E-state index contributed by atoms with van der Waals surface area (Å²) in [6.07, 6.45) is 7.21. The number of hydrogen-bond donors (Lipinski definition) is 0. The van der Waals surface area contributed by atoms with Crippen molar-refractivity contribution in [1.29, 1.82) is 0 Å². The van der Waals surface area contributed by atoms with E-state index in [0.29, 0.717) is 19.8 Å². The lowest BCUT2D eigenvalue weighted by molar-refractivity contribution is 0.0715. The summed E-state index contributed by atoms with van der Waals surface area (Å²) in [4.78, 5) is 38.5. The van der Waals surface area contributed by atoms with Crippen LogP contribution in [0.2, 0.25) is 0 Å². The van der Waals surface area contributed by atoms with Gasteiger partial charge in [0.05, 0.1) is 25.7 Å². The van der Waals surface area contributed by atoms with Crippen LogP contribution in [0.15, 0.2) is 78.0 Å². The Balaban J connectivity index is 1.14. The van der Waals surface area contributed by atoms with Crippen LogP contribution in [0.1, 0.15) is 34.3 Å². The fourth-order valence-corrected chi connectivity index (χ4v) is 6.53. The van der Waals surface area contributed by atoms with E-state index >= 15 is 0 Å². The molecule has 7 nitrogen and oxygen atoms in total. The van der Waals surface area contributed by atoms with E-state index in [2.05, 4.69) is 14.5 Å². The second-order valence-corrected chi connectivity index (χ2v) is 10.7. The number of thiophene rings is 1. The van der Waals surface area contributed by atoms with Crippen molar-refractivity contribution in [2.45, 2.75) is 25.4 Å².